The van der Waals surface area contributed by atoms with Crippen molar-refractivity contribution in [1.29, 1.82) is 0 Å². The summed E-state index contributed by atoms with van der Waals surface area (Å²) in [4.78, 5) is 51.6. The number of fused-ring (bicyclic) bond motifs is 1. The molecule has 0 radical (unpaired) electrons. The molecule has 2 unspecified atom stereocenters. The summed E-state index contributed by atoms with van der Waals surface area (Å²) in [7, 11) is 0. The van der Waals surface area contributed by atoms with Gasteiger partial charge in [-0.15, -0.1) is 0 Å². The van der Waals surface area contributed by atoms with Crippen molar-refractivity contribution in [2.24, 2.45) is 17.6 Å². The highest BCUT2D eigenvalue weighted by Gasteiger charge is 2.30. The fourth-order valence-corrected chi connectivity index (χ4v) is 5.18. The lowest BCUT2D eigenvalue weighted by Crippen LogP contribution is -2.45. The van der Waals surface area contributed by atoms with Crippen molar-refractivity contribution in [3.63, 3.8) is 0 Å². The SMILES string of the molecule is NCCCC[C@H](NC(=O)C(CC(=O)Cc1cccc2ccccc12)Cc1ccc(O)cc1)C(=O)CC(CS)C(=O)O. The number of Topliss-reactive ketones (excluding diaryl/α,β-unsaturated/α-hetero) is 2. The van der Waals surface area contributed by atoms with Crippen molar-refractivity contribution in [1.82, 2.24) is 5.32 Å². The summed E-state index contributed by atoms with van der Waals surface area (Å²) in [6, 6.07) is 19.1. The van der Waals surface area contributed by atoms with E-state index in [-0.39, 0.29) is 48.8 Å². The Bertz CT molecular complexity index is 1340. The third-order valence-electron chi connectivity index (χ3n) is 7.20. The first-order chi connectivity index (χ1) is 19.7. The molecule has 0 aromatic heterocycles. The Balaban J connectivity index is 1.81. The van der Waals surface area contributed by atoms with E-state index in [0.717, 1.165) is 21.9 Å². The smallest absolute Gasteiger partial charge is 0.307 e. The van der Waals surface area contributed by atoms with Gasteiger partial charge in [0, 0.05) is 30.9 Å². The molecule has 3 rings (SSSR count). The number of phenols is 1. The number of carbonyl (C=O) groups excluding carboxylic acids is 3. The molecular weight excluding hydrogens is 540 g/mol. The second-order valence-corrected chi connectivity index (χ2v) is 10.7. The molecule has 218 valence electrons. The number of amides is 1. The number of aromatic hydroxyl groups is 1. The number of rotatable bonds is 17. The van der Waals surface area contributed by atoms with Crippen LogP contribution in [-0.2, 0) is 32.0 Å². The van der Waals surface area contributed by atoms with E-state index in [1.54, 1.807) is 12.1 Å². The normalized spacial score (nSPS) is 13.3. The van der Waals surface area contributed by atoms with Gasteiger partial charge in [-0.1, -0.05) is 54.6 Å². The summed E-state index contributed by atoms with van der Waals surface area (Å²) in [5.41, 5.74) is 7.25. The first-order valence-electron chi connectivity index (χ1n) is 13.8. The fraction of sp³-hybridized carbons (Fsp3) is 0.375. The number of nitrogens with one attached hydrogen (secondary N) is 1. The highest BCUT2D eigenvalue weighted by Crippen LogP contribution is 2.22. The lowest BCUT2D eigenvalue weighted by atomic mass is 9.89. The quantitative estimate of drug-likeness (QED) is 0.120. The molecule has 5 N–H and O–H groups in total. The average molecular weight is 579 g/mol. The van der Waals surface area contributed by atoms with Crippen LogP contribution in [0, 0.1) is 11.8 Å². The van der Waals surface area contributed by atoms with E-state index in [4.69, 9.17) is 5.73 Å². The highest BCUT2D eigenvalue weighted by molar-refractivity contribution is 7.80. The molecule has 3 aromatic carbocycles. The van der Waals surface area contributed by atoms with Gasteiger partial charge in [-0.05, 0) is 66.3 Å². The average Bonchev–Trinajstić information content (AvgIpc) is 2.96. The predicted molar refractivity (Wildman–Crippen MR) is 162 cm³/mol. The molecular formula is C32H38N2O6S. The Labute approximate surface area is 245 Å². The summed E-state index contributed by atoms with van der Waals surface area (Å²) in [6.45, 7) is 0.426. The molecule has 9 heteroatoms. The van der Waals surface area contributed by atoms with E-state index >= 15 is 0 Å². The van der Waals surface area contributed by atoms with Gasteiger partial charge in [-0.3, -0.25) is 19.2 Å². The van der Waals surface area contributed by atoms with Crippen molar-refractivity contribution in [3.05, 3.63) is 77.9 Å². The minimum absolute atomic E-state index is 0.00329. The Morgan fingerprint density at radius 2 is 1.59 bits per heavy atom. The van der Waals surface area contributed by atoms with E-state index in [0.29, 0.717) is 25.8 Å². The maximum absolute atomic E-state index is 13.6. The highest BCUT2D eigenvalue weighted by atomic mass is 32.1. The number of benzene rings is 3. The van der Waals surface area contributed by atoms with E-state index in [1.807, 2.05) is 42.5 Å². The van der Waals surface area contributed by atoms with Gasteiger partial charge in [0.15, 0.2) is 5.78 Å². The monoisotopic (exact) mass is 578 g/mol. The topological polar surface area (TPSA) is 147 Å². The molecule has 0 heterocycles. The van der Waals surface area contributed by atoms with Crippen LogP contribution in [0.25, 0.3) is 10.8 Å². The lowest BCUT2D eigenvalue weighted by molar-refractivity contribution is -0.143. The van der Waals surface area contributed by atoms with Crippen LogP contribution >= 0.6 is 12.6 Å². The molecule has 1 amide bonds. The van der Waals surface area contributed by atoms with Gasteiger partial charge in [0.25, 0.3) is 0 Å². The molecule has 0 aliphatic heterocycles. The molecule has 3 aromatic rings. The van der Waals surface area contributed by atoms with Crippen molar-refractivity contribution in [3.8, 4) is 5.75 Å². The van der Waals surface area contributed by atoms with Crippen molar-refractivity contribution in [2.45, 2.75) is 51.0 Å². The number of carbonyl (C=O) groups is 4. The second-order valence-electron chi connectivity index (χ2n) is 10.4. The summed E-state index contributed by atoms with van der Waals surface area (Å²) in [5.74, 6) is -3.73. The van der Waals surface area contributed by atoms with Crippen LogP contribution in [0.5, 0.6) is 5.75 Å². The van der Waals surface area contributed by atoms with E-state index in [1.165, 1.54) is 12.1 Å². The van der Waals surface area contributed by atoms with Crippen molar-refractivity contribution < 1.29 is 29.4 Å². The zero-order valence-corrected chi connectivity index (χ0v) is 23.9. The molecule has 0 spiro atoms. The number of carboxylic acids is 1. The lowest BCUT2D eigenvalue weighted by Gasteiger charge is -2.23. The predicted octanol–water partition coefficient (Wildman–Crippen LogP) is 4.11. The van der Waals surface area contributed by atoms with Crippen LogP contribution in [0.2, 0.25) is 0 Å². The third-order valence-corrected chi connectivity index (χ3v) is 7.64. The number of hydrogen-bond acceptors (Lipinski definition) is 7. The van der Waals surface area contributed by atoms with Crippen LogP contribution in [-0.4, -0.2) is 52.0 Å². The van der Waals surface area contributed by atoms with Gasteiger partial charge in [0.05, 0.1) is 12.0 Å². The third kappa shape index (κ3) is 9.72. The van der Waals surface area contributed by atoms with Gasteiger partial charge in [-0.25, -0.2) is 0 Å². The fourth-order valence-electron chi connectivity index (χ4n) is 4.89. The molecule has 41 heavy (non-hydrogen) atoms. The number of thiol groups is 1. The standard InChI is InChI=1S/C32H38N2O6S/c33-15-4-3-10-29(30(37)19-25(20-41)32(39)40)34-31(38)24(16-21-11-13-26(35)14-12-21)18-27(36)17-23-8-5-7-22-6-1-2-9-28(22)23/h1-2,5-9,11-14,24-25,29,35,41H,3-4,10,15-20,33H2,(H,34,38)(H,39,40)/t24?,25?,29-/m0/s1. The van der Waals surface area contributed by atoms with Crippen LogP contribution in [0.4, 0.5) is 0 Å². The molecule has 0 bridgehead atoms. The summed E-state index contributed by atoms with van der Waals surface area (Å²) >= 11 is 4.06. The summed E-state index contributed by atoms with van der Waals surface area (Å²) in [6.07, 6.45) is 1.62. The zero-order chi connectivity index (χ0) is 29.8. The maximum atomic E-state index is 13.6. The van der Waals surface area contributed by atoms with Crippen LogP contribution in [0.1, 0.15) is 43.2 Å². The van der Waals surface area contributed by atoms with Gasteiger partial charge < -0.3 is 21.3 Å². The number of unbranched alkanes of at least 4 members (excludes halogenated alkanes) is 1. The second kappa shape index (κ2) is 15.9. The summed E-state index contributed by atoms with van der Waals surface area (Å²) < 4.78 is 0. The number of hydrogen-bond donors (Lipinski definition) is 5. The molecule has 0 fully saturated rings. The zero-order valence-electron chi connectivity index (χ0n) is 23.0. The molecule has 0 saturated carbocycles. The number of ketones is 2. The first kappa shape index (κ1) is 31.8. The van der Waals surface area contributed by atoms with E-state index < -0.39 is 29.8 Å². The van der Waals surface area contributed by atoms with Crippen LogP contribution in [0.15, 0.2) is 66.7 Å². The van der Waals surface area contributed by atoms with E-state index in [9.17, 15) is 29.4 Å². The number of nitrogens with two attached hydrogens (primary N) is 1. The van der Waals surface area contributed by atoms with Gasteiger partial charge >= 0.3 is 5.97 Å². The van der Waals surface area contributed by atoms with Gasteiger partial charge in [0.1, 0.15) is 11.5 Å². The number of carboxylic acid groups (broad SMARTS) is 1. The van der Waals surface area contributed by atoms with Crippen molar-refractivity contribution >= 4 is 46.8 Å². The van der Waals surface area contributed by atoms with Crippen molar-refractivity contribution in [2.75, 3.05) is 12.3 Å². The molecule has 0 saturated heterocycles. The van der Waals surface area contributed by atoms with Gasteiger partial charge in [-0.2, -0.15) is 12.6 Å². The Morgan fingerprint density at radius 3 is 2.27 bits per heavy atom. The number of phenolic OH excluding ortho intramolecular Hbond substituents is 1. The maximum Gasteiger partial charge on any atom is 0.307 e. The molecule has 0 aliphatic carbocycles. The van der Waals surface area contributed by atoms with Crippen LogP contribution in [0.3, 0.4) is 0 Å². The number of aliphatic carboxylic acids is 1. The Kier molecular flexibility index (Phi) is 12.4. The Hall–Kier alpha value is -3.69. The molecule has 3 atom stereocenters. The summed E-state index contributed by atoms with van der Waals surface area (Å²) in [5, 5.41) is 23.9. The first-order valence-corrected chi connectivity index (χ1v) is 14.5. The minimum Gasteiger partial charge on any atom is -0.508 e. The largest absolute Gasteiger partial charge is 0.508 e. The Morgan fingerprint density at radius 1 is 0.878 bits per heavy atom. The van der Waals surface area contributed by atoms with Crippen LogP contribution < -0.4 is 11.1 Å². The van der Waals surface area contributed by atoms with E-state index in [2.05, 4.69) is 17.9 Å². The van der Waals surface area contributed by atoms with Gasteiger partial charge in [0.2, 0.25) is 5.91 Å². The minimum atomic E-state index is -1.12. The molecule has 8 nitrogen and oxygen atoms in total. The molecule has 0 aliphatic rings.